The van der Waals surface area contributed by atoms with Gasteiger partial charge in [-0.05, 0) is 54.3 Å². The molecule has 4 aromatic rings. The van der Waals surface area contributed by atoms with Crippen molar-refractivity contribution >= 4 is 28.5 Å². The minimum Gasteiger partial charge on any atom is -0.356 e. The van der Waals surface area contributed by atoms with Gasteiger partial charge in [-0.25, -0.2) is 4.98 Å². The fourth-order valence-electron chi connectivity index (χ4n) is 3.78. The number of nitrogens with one attached hydrogen (secondary N) is 1. The maximum atomic E-state index is 12.3. The lowest BCUT2D eigenvalue weighted by molar-refractivity contribution is -0.120. The number of aromatic nitrogens is 2. The Kier molecular flexibility index (Phi) is 6.68. The molecule has 0 spiro atoms. The van der Waals surface area contributed by atoms with Gasteiger partial charge >= 0.3 is 0 Å². The van der Waals surface area contributed by atoms with E-state index in [1.165, 1.54) is 5.56 Å². The van der Waals surface area contributed by atoms with E-state index in [1.54, 1.807) is 0 Å². The normalized spacial score (nSPS) is 11.0. The molecule has 4 nitrogen and oxygen atoms in total. The van der Waals surface area contributed by atoms with Gasteiger partial charge in [-0.15, -0.1) is 0 Å². The van der Waals surface area contributed by atoms with Gasteiger partial charge in [0.15, 0.2) is 0 Å². The number of benzene rings is 3. The molecule has 1 amide bonds. The maximum absolute atomic E-state index is 12.3. The van der Waals surface area contributed by atoms with Crippen LogP contribution in [-0.2, 0) is 24.2 Å². The molecule has 0 radical (unpaired) electrons. The van der Waals surface area contributed by atoms with E-state index in [2.05, 4.69) is 16.0 Å². The summed E-state index contributed by atoms with van der Waals surface area (Å²) in [6.45, 7) is 3.41. The Hall–Kier alpha value is -3.11. The lowest BCUT2D eigenvalue weighted by Crippen LogP contribution is -2.26. The van der Waals surface area contributed by atoms with Gasteiger partial charge in [-0.3, -0.25) is 4.79 Å². The molecule has 5 heteroatoms. The first-order valence-electron chi connectivity index (χ1n) is 10.6. The minimum absolute atomic E-state index is 0.0592. The van der Waals surface area contributed by atoms with Crippen LogP contribution >= 0.6 is 11.6 Å². The fourth-order valence-corrected chi connectivity index (χ4v) is 3.91. The Morgan fingerprint density at radius 2 is 1.74 bits per heavy atom. The molecule has 0 aliphatic carbocycles. The molecule has 1 N–H and O–H groups in total. The molecular formula is C26H26ClN3O. The van der Waals surface area contributed by atoms with E-state index in [1.807, 2.05) is 73.7 Å². The Balaban J connectivity index is 1.39. The molecule has 3 aromatic carbocycles. The maximum Gasteiger partial charge on any atom is 0.224 e. The van der Waals surface area contributed by atoms with Crippen molar-refractivity contribution in [1.82, 2.24) is 14.9 Å². The number of imidazole rings is 1. The van der Waals surface area contributed by atoms with Crippen molar-refractivity contribution in [3.8, 4) is 0 Å². The second-order valence-corrected chi connectivity index (χ2v) is 8.22. The zero-order valence-corrected chi connectivity index (χ0v) is 18.4. The Morgan fingerprint density at radius 3 is 2.55 bits per heavy atom. The highest BCUT2D eigenvalue weighted by atomic mass is 35.5. The second kappa shape index (κ2) is 9.80. The monoisotopic (exact) mass is 431 g/mol. The minimum atomic E-state index is 0.0592. The van der Waals surface area contributed by atoms with Crippen LogP contribution < -0.4 is 5.32 Å². The third-order valence-electron chi connectivity index (χ3n) is 5.50. The van der Waals surface area contributed by atoms with Crippen LogP contribution in [0.5, 0.6) is 0 Å². The van der Waals surface area contributed by atoms with E-state index < -0.39 is 0 Å². The van der Waals surface area contributed by atoms with Crippen molar-refractivity contribution in [1.29, 1.82) is 0 Å². The SMILES string of the molecule is Cc1ccccc1CC(=O)NCCCc1nc2ccccc2n1Cc1ccc(Cl)cc1. The van der Waals surface area contributed by atoms with Crippen LogP contribution in [0.15, 0.2) is 72.8 Å². The predicted octanol–water partition coefficient (Wildman–Crippen LogP) is 5.34. The predicted molar refractivity (Wildman–Crippen MR) is 127 cm³/mol. The standard InChI is InChI=1S/C26H26ClN3O/c1-19-7-2-3-8-21(19)17-26(31)28-16-6-11-25-29-23-9-4-5-10-24(23)30(25)18-20-12-14-22(27)15-13-20/h2-5,7-10,12-15H,6,11,16-18H2,1H3,(H,28,31). The number of hydrogen-bond donors (Lipinski definition) is 1. The van der Waals surface area contributed by atoms with Crippen molar-refractivity contribution < 1.29 is 4.79 Å². The summed E-state index contributed by atoms with van der Waals surface area (Å²) in [4.78, 5) is 17.2. The molecule has 31 heavy (non-hydrogen) atoms. The number of carbonyl (C=O) groups is 1. The van der Waals surface area contributed by atoms with E-state index in [4.69, 9.17) is 16.6 Å². The summed E-state index contributed by atoms with van der Waals surface area (Å²) in [5, 5.41) is 3.78. The second-order valence-electron chi connectivity index (χ2n) is 7.79. The summed E-state index contributed by atoms with van der Waals surface area (Å²) in [6, 6.07) is 24.1. The van der Waals surface area contributed by atoms with E-state index in [0.717, 1.165) is 52.4 Å². The summed E-state index contributed by atoms with van der Waals surface area (Å²) in [7, 11) is 0. The highest BCUT2D eigenvalue weighted by molar-refractivity contribution is 6.30. The molecule has 1 aromatic heterocycles. The Bertz CT molecular complexity index is 1180. The molecule has 0 aliphatic rings. The van der Waals surface area contributed by atoms with Gasteiger partial charge in [0.2, 0.25) is 5.91 Å². The first kappa shape index (κ1) is 21.1. The van der Waals surface area contributed by atoms with Crippen LogP contribution in [0, 0.1) is 6.92 Å². The number of rotatable bonds is 8. The zero-order chi connectivity index (χ0) is 21.6. The average Bonchev–Trinajstić information content (AvgIpc) is 3.12. The number of halogens is 1. The highest BCUT2D eigenvalue weighted by Crippen LogP contribution is 2.20. The molecule has 158 valence electrons. The van der Waals surface area contributed by atoms with Gasteiger partial charge < -0.3 is 9.88 Å². The number of nitrogens with zero attached hydrogens (tertiary/aromatic N) is 2. The molecule has 0 atom stereocenters. The molecular weight excluding hydrogens is 406 g/mol. The van der Waals surface area contributed by atoms with Gasteiger partial charge in [-0.2, -0.15) is 0 Å². The van der Waals surface area contributed by atoms with E-state index in [0.29, 0.717) is 13.0 Å². The number of para-hydroxylation sites is 2. The summed E-state index contributed by atoms with van der Waals surface area (Å²) in [5.41, 5.74) is 5.52. The largest absolute Gasteiger partial charge is 0.356 e. The van der Waals surface area contributed by atoms with Crippen LogP contribution in [-0.4, -0.2) is 22.0 Å². The lowest BCUT2D eigenvalue weighted by atomic mass is 10.1. The number of fused-ring (bicyclic) bond motifs is 1. The molecule has 0 aliphatic heterocycles. The average molecular weight is 432 g/mol. The number of hydrogen-bond acceptors (Lipinski definition) is 2. The molecule has 4 rings (SSSR count). The van der Waals surface area contributed by atoms with Crippen LogP contribution in [0.3, 0.4) is 0 Å². The van der Waals surface area contributed by atoms with Crippen molar-refractivity contribution in [3.05, 3.63) is 100 Å². The molecule has 1 heterocycles. The summed E-state index contributed by atoms with van der Waals surface area (Å²) in [5.74, 6) is 1.09. The zero-order valence-electron chi connectivity index (χ0n) is 17.6. The molecule has 0 unspecified atom stereocenters. The first-order valence-corrected chi connectivity index (χ1v) is 11.0. The number of amides is 1. The third-order valence-corrected chi connectivity index (χ3v) is 5.75. The molecule has 0 saturated heterocycles. The van der Waals surface area contributed by atoms with Crippen molar-refractivity contribution in [2.45, 2.75) is 32.7 Å². The number of aryl methyl sites for hydroxylation is 2. The topological polar surface area (TPSA) is 46.9 Å². The first-order chi connectivity index (χ1) is 15.1. The van der Waals surface area contributed by atoms with Crippen LogP contribution in [0.2, 0.25) is 5.02 Å². The van der Waals surface area contributed by atoms with Crippen LogP contribution in [0.25, 0.3) is 11.0 Å². The van der Waals surface area contributed by atoms with E-state index in [9.17, 15) is 4.79 Å². The summed E-state index contributed by atoms with van der Waals surface area (Å²) >= 11 is 6.04. The Morgan fingerprint density at radius 1 is 1.00 bits per heavy atom. The van der Waals surface area contributed by atoms with Crippen molar-refractivity contribution in [2.75, 3.05) is 6.54 Å². The lowest BCUT2D eigenvalue weighted by Gasteiger charge is -2.11. The quantitative estimate of drug-likeness (QED) is 0.383. The Labute approximate surface area is 187 Å². The number of carbonyl (C=O) groups excluding carboxylic acids is 1. The van der Waals surface area contributed by atoms with Gasteiger partial charge in [0.25, 0.3) is 0 Å². The van der Waals surface area contributed by atoms with Gasteiger partial charge in [0, 0.05) is 24.5 Å². The molecule has 0 fully saturated rings. The van der Waals surface area contributed by atoms with E-state index in [-0.39, 0.29) is 5.91 Å². The fraction of sp³-hybridized carbons (Fsp3) is 0.231. The molecule has 0 saturated carbocycles. The molecule has 0 bridgehead atoms. The van der Waals surface area contributed by atoms with Crippen molar-refractivity contribution in [2.24, 2.45) is 0 Å². The smallest absolute Gasteiger partial charge is 0.224 e. The summed E-state index contributed by atoms with van der Waals surface area (Å²) in [6.07, 6.45) is 2.05. The summed E-state index contributed by atoms with van der Waals surface area (Å²) < 4.78 is 2.26. The van der Waals surface area contributed by atoms with E-state index >= 15 is 0 Å². The van der Waals surface area contributed by atoms with Gasteiger partial charge in [-0.1, -0.05) is 60.1 Å². The van der Waals surface area contributed by atoms with Crippen LogP contribution in [0.4, 0.5) is 0 Å². The van der Waals surface area contributed by atoms with Gasteiger partial charge in [0.05, 0.1) is 17.5 Å². The highest BCUT2D eigenvalue weighted by Gasteiger charge is 2.11. The van der Waals surface area contributed by atoms with Crippen LogP contribution in [0.1, 0.15) is 28.9 Å². The third kappa shape index (κ3) is 5.33. The van der Waals surface area contributed by atoms with Crippen molar-refractivity contribution in [3.63, 3.8) is 0 Å². The van der Waals surface area contributed by atoms with Gasteiger partial charge in [0.1, 0.15) is 5.82 Å².